The number of carbonyl (C=O) groups excluding carboxylic acids is 2. The topological polar surface area (TPSA) is 111 Å². The zero-order chi connectivity index (χ0) is 36.3. The van der Waals surface area contributed by atoms with Gasteiger partial charge in [-0.3, -0.25) is 9.59 Å². The largest absolute Gasteiger partial charge is 0.496 e. The second kappa shape index (κ2) is 15.4. The molecule has 3 heterocycles. The molecule has 2 aromatic heterocycles. The lowest BCUT2D eigenvalue weighted by atomic mass is 9.90. The number of ether oxygens (including phenoxy) is 1. The van der Waals surface area contributed by atoms with E-state index in [4.69, 9.17) is 27.9 Å². The standard InChI is InChI=1S/C35H35Cl2F3N8O3/c1-45(34(50)26-18-25(8-10-31(26)51-2)48-21-41-43-44-48)19-24(23-7-9-27(36)28(37)17-23)13-16-46-14-11-22(12-15-46)32(49)33-42-29-5-3-4-6-30(29)47(33)20-35(38,39)40/h3-10,17-18,21-22,24H,11-16,19-20H2,1-2H3. The number of likely N-dealkylation sites (N-methyl/N-ethyl adjacent to an activating group) is 1. The van der Waals surface area contributed by atoms with Gasteiger partial charge in [0.25, 0.3) is 5.91 Å². The minimum atomic E-state index is -4.50. The van der Waals surface area contributed by atoms with Gasteiger partial charge in [-0.2, -0.15) is 13.2 Å². The van der Waals surface area contributed by atoms with Crippen LogP contribution in [0.3, 0.4) is 0 Å². The van der Waals surface area contributed by atoms with Crippen molar-refractivity contribution in [3.8, 4) is 11.4 Å². The number of fused-ring (bicyclic) bond motifs is 1. The Hall–Kier alpha value is -4.53. The lowest BCUT2D eigenvalue weighted by Crippen LogP contribution is -2.39. The average Bonchev–Trinajstić information content (AvgIpc) is 3.79. The van der Waals surface area contributed by atoms with Crippen LogP contribution in [0.5, 0.6) is 5.75 Å². The zero-order valence-electron chi connectivity index (χ0n) is 27.9. The number of halogens is 5. The number of tetrazole rings is 1. The Kier molecular flexibility index (Phi) is 10.9. The van der Waals surface area contributed by atoms with Gasteiger partial charge in [-0.1, -0.05) is 41.4 Å². The van der Waals surface area contributed by atoms with Gasteiger partial charge in [0.05, 0.1) is 39.4 Å². The molecule has 11 nitrogen and oxygen atoms in total. The summed E-state index contributed by atoms with van der Waals surface area (Å²) in [6.45, 7) is 0.885. The molecular formula is C35H35Cl2F3N8O3. The molecular weight excluding hydrogens is 708 g/mol. The van der Waals surface area contributed by atoms with Crippen LogP contribution in [-0.4, -0.2) is 97.8 Å². The predicted octanol–water partition coefficient (Wildman–Crippen LogP) is 6.73. The van der Waals surface area contributed by atoms with Crippen LogP contribution in [0.15, 0.2) is 67.0 Å². The van der Waals surface area contributed by atoms with E-state index >= 15 is 0 Å². The maximum atomic E-state index is 13.8. The first-order valence-corrected chi connectivity index (χ1v) is 17.1. The number of piperidine rings is 1. The van der Waals surface area contributed by atoms with Gasteiger partial charge in [0.15, 0.2) is 5.82 Å². The molecule has 0 radical (unpaired) electrons. The van der Waals surface area contributed by atoms with Gasteiger partial charge < -0.3 is 19.1 Å². The smallest absolute Gasteiger partial charge is 0.406 e. The minimum Gasteiger partial charge on any atom is -0.496 e. The molecule has 1 unspecified atom stereocenters. The van der Waals surface area contributed by atoms with Gasteiger partial charge in [-0.05, 0) is 97.4 Å². The van der Waals surface area contributed by atoms with Crippen molar-refractivity contribution in [1.82, 2.24) is 39.6 Å². The van der Waals surface area contributed by atoms with Crippen LogP contribution >= 0.6 is 23.2 Å². The number of Topliss-reactive ketones (excluding diaryl/α,β-unsaturated/α-hetero) is 1. The summed E-state index contributed by atoms with van der Waals surface area (Å²) in [4.78, 5) is 35.6. The van der Waals surface area contributed by atoms with E-state index in [1.807, 2.05) is 12.1 Å². The number of hydrogen-bond acceptors (Lipinski definition) is 8. The number of carbonyl (C=O) groups is 2. The highest BCUT2D eigenvalue weighted by Gasteiger charge is 2.35. The van der Waals surface area contributed by atoms with E-state index in [2.05, 4.69) is 25.4 Å². The quantitative estimate of drug-likeness (QED) is 0.130. The summed E-state index contributed by atoms with van der Waals surface area (Å²) < 4.78 is 48.4. The van der Waals surface area contributed by atoms with Gasteiger partial charge in [0.2, 0.25) is 5.78 Å². The number of aromatic nitrogens is 6. The van der Waals surface area contributed by atoms with E-state index in [-0.39, 0.29) is 28.9 Å². The van der Waals surface area contributed by atoms with Crippen molar-refractivity contribution in [2.75, 3.05) is 40.3 Å². The molecule has 0 saturated carbocycles. The number of hydrogen-bond donors (Lipinski definition) is 0. The van der Waals surface area contributed by atoms with Crippen LogP contribution in [0, 0.1) is 5.92 Å². The maximum absolute atomic E-state index is 13.8. The lowest BCUT2D eigenvalue weighted by molar-refractivity contribution is -0.140. The van der Waals surface area contributed by atoms with Crippen LogP contribution < -0.4 is 4.74 Å². The third-order valence-corrected chi connectivity index (χ3v) is 9.99. The molecule has 6 rings (SSSR count). The van der Waals surface area contributed by atoms with E-state index in [0.29, 0.717) is 78.0 Å². The summed E-state index contributed by atoms with van der Waals surface area (Å²) in [7, 11) is 3.22. The maximum Gasteiger partial charge on any atom is 0.406 e. The summed E-state index contributed by atoms with van der Waals surface area (Å²) >= 11 is 12.7. The summed E-state index contributed by atoms with van der Waals surface area (Å²) in [5.41, 5.74) is 2.49. The van der Waals surface area contributed by atoms with Crippen molar-refractivity contribution in [3.63, 3.8) is 0 Å². The SMILES string of the molecule is COc1ccc(-n2cnnn2)cc1C(=O)N(C)CC(CCN1CCC(C(=O)c2nc3ccccc3n2CC(F)(F)F)CC1)c1ccc(Cl)c(Cl)c1. The first-order valence-electron chi connectivity index (χ1n) is 16.3. The number of nitrogens with zero attached hydrogens (tertiary/aromatic N) is 8. The Morgan fingerprint density at radius 2 is 1.80 bits per heavy atom. The lowest BCUT2D eigenvalue weighted by Gasteiger charge is -2.33. The van der Waals surface area contributed by atoms with Crippen molar-refractivity contribution in [2.24, 2.45) is 5.92 Å². The second-order valence-corrected chi connectivity index (χ2v) is 13.4. The normalized spacial score (nSPS) is 14.9. The molecule has 1 aliphatic rings. The minimum absolute atomic E-state index is 0.135. The Balaban J connectivity index is 1.14. The van der Waals surface area contributed by atoms with Crippen LogP contribution in [0.2, 0.25) is 10.0 Å². The summed E-state index contributed by atoms with van der Waals surface area (Å²) in [6, 6.07) is 17.0. The van der Waals surface area contributed by atoms with Gasteiger partial charge in [0, 0.05) is 25.4 Å². The van der Waals surface area contributed by atoms with Crippen LogP contribution in [0.25, 0.3) is 16.7 Å². The number of amides is 1. The molecule has 268 valence electrons. The van der Waals surface area contributed by atoms with Gasteiger partial charge in [0.1, 0.15) is 18.6 Å². The fourth-order valence-corrected chi connectivity index (χ4v) is 6.88. The molecule has 1 aliphatic heterocycles. The van der Waals surface area contributed by atoms with Crippen molar-refractivity contribution < 1.29 is 27.5 Å². The third kappa shape index (κ3) is 8.35. The fraction of sp³-hybridized carbons (Fsp3) is 0.371. The van der Waals surface area contributed by atoms with E-state index < -0.39 is 18.6 Å². The number of imidazole rings is 1. The van der Waals surface area contributed by atoms with Crippen molar-refractivity contribution >= 4 is 45.9 Å². The fourth-order valence-electron chi connectivity index (χ4n) is 6.58. The molecule has 16 heteroatoms. The molecule has 3 aromatic carbocycles. The Morgan fingerprint density at radius 3 is 2.49 bits per heavy atom. The number of rotatable bonds is 12. The van der Waals surface area contributed by atoms with E-state index in [9.17, 15) is 22.8 Å². The average molecular weight is 744 g/mol. The molecule has 0 N–H and O–H groups in total. The molecule has 1 fully saturated rings. The second-order valence-electron chi connectivity index (χ2n) is 12.6. The Labute approximate surface area is 301 Å². The zero-order valence-corrected chi connectivity index (χ0v) is 29.4. The van der Waals surface area contributed by atoms with E-state index in [1.54, 1.807) is 60.5 Å². The first-order chi connectivity index (χ1) is 24.4. The van der Waals surface area contributed by atoms with Crippen molar-refractivity contribution in [2.45, 2.75) is 37.9 Å². The number of alkyl halides is 3. The highest BCUT2D eigenvalue weighted by atomic mass is 35.5. The number of methoxy groups -OCH3 is 1. The van der Waals surface area contributed by atoms with Crippen molar-refractivity contribution in [3.05, 3.63) is 94.0 Å². The van der Waals surface area contributed by atoms with Crippen LogP contribution in [-0.2, 0) is 6.54 Å². The van der Waals surface area contributed by atoms with Crippen molar-refractivity contribution in [1.29, 1.82) is 0 Å². The summed E-state index contributed by atoms with van der Waals surface area (Å²) in [6.07, 6.45) is -1.44. The van der Waals surface area contributed by atoms with Crippen LogP contribution in [0.4, 0.5) is 13.2 Å². The molecule has 51 heavy (non-hydrogen) atoms. The van der Waals surface area contributed by atoms with Crippen LogP contribution in [0.1, 0.15) is 51.7 Å². The van der Waals surface area contributed by atoms with Gasteiger partial charge >= 0.3 is 6.18 Å². The Bertz CT molecular complexity index is 2010. The molecule has 5 aromatic rings. The molecule has 1 saturated heterocycles. The molecule has 0 spiro atoms. The molecule has 1 atom stereocenters. The summed E-state index contributed by atoms with van der Waals surface area (Å²) in [5, 5.41) is 12.1. The van der Waals surface area contributed by atoms with Gasteiger partial charge in [-0.15, -0.1) is 5.10 Å². The van der Waals surface area contributed by atoms with E-state index in [1.165, 1.54) is 18.1 Å². The molecule has 0 bridgehead atoms. The number of likely N-dealkylation sites (tertiary alicyclic amines) is 1. The molecule has 1 amide bonds. The van der Waals surface area contributed by atoms with E-state index in [0.717, 1.165) is 10.1 Å². The molecule has 0 aliphatic carbocycles. The van der Waals surface area contributed by atoms with Gasteiger partial charge in [-0.25, -0.2) is 9.67 Å². The number of ketones is 1. The number of benzene rings is 3. The Morgan fingerprint density at radius 1 is 1.04 bits per heavy atom. The third-order valence-electron chi connectivity index (χ3n) is 9.25. The predicted molar refractivity (Wildman–Crippen MR) is 186 cm³/mol. The monoisotopic (exact) mass is 742 g/mol. The highest BCUT2D eigenvalue weighted by molar-refractivity contribution is 6.42. The summed E-state index contributed by atoms with van der Waals surface area (Å²) in [5.74, 6) is -0.963. The number of para-hydroxylation sites is 2. The first kappa shape index (κ1) is 36.3. The highest BCUT2D eigenvalue weighted by Crippen LogP contribution is 2.32.